The second-order valence-electron chi connectivity index (χ2n) is 2.08. The standard InChI is InChI=1S/C6H10N4OS/c1-2-3-12-6-8-5(7-4-11)9-10-6/h4H,2-3H2,1H3,(H2,7,8,9,10,11). The Hall–Kier alpha value is -1.04. The van der Waals surface area contributed by atoms with Crippen molar-refractivity contribution in [1.29, 1.82) is 0 Å². The van der Waals surface area contributed by atoms with Crippen molar-refractivity contribution in [2.75, 3.05) is 11.1 Å². The highest BCUT2D eigenvalue weighted by molar-refractivity contribution is 7.99. The molecule has 2 N–H and O–H groups in total. The second kappa shape index (κ2) is 4.76. The van der Waals surface area contributed by atoms with Crippen LogP contribution in [-0.4, -0.2) is 27.3 Å². The fraction of sp³-hybridized carbons (Fsp3) is 0.500. The first-order valence-corrected chi connectivity index (χ1v) is 4.60. The summed E-state index contributed by atoms with van der Waals surface area (Å²) in [4.78, 5) is 14.0. The van der Waals surface area contributed by atoms with Crippen LogP contribution in [0.25, 0.3) is 0 Å². The molecule has 0 saturated carbocycles. The molecule has 0 spiro atoms. The molecule has 1 heterocycles. The fourth-order valence-electron chi connectivity index (χ4n) is 0.625. The van der Waals surface area contributed by atoms with Gasteiger partial charge in [-0.25, -0.2) is 5.10 Å². The van der Waals surface area contributed by atoms with Gasteiger partial charge in [0, 0.05) is 5.75 Å². The number of nitrogens with one attached hydrogen (secondary N) is 2. The van der Waals surface area contributed by atoms with Crippen LogP contribution in [0.1, 0.15) is 13.3 Å². The van der Waals surface area contributed by atoms with E-state index >= 15 is 0 Å². The minimum atomic E-state index is 0.392. The third kappa shape index (κ3) is 2.54. The summed E-state index contributed by atoms with van der Waals surface area (Å²) in [6, 6.07) is 0. The molecule has 6 heteroatoms. The Balaban J connectivity index is 2.46. The van der Waals surface area contributed by atoms with E-state index in [1.54, 1.807) is 11.8 Å². The monoisotopic (exact) mass is 186 g/mol. The van der Waals surface area contributed by atoms with Crippen molar-refractivity contribution in [3.63, 3.8) is 0 Å². The van der Waals surface area contributed by atoms with Crippen LogP contribution in [0.2, 0.25) is 0 Å². The van der Waals surface area contributed by atoms with E-state index in [4.69, 9.17) is 0 Å². The summed E-state index contributed by atoms with van der Waals surface area (Å²) in [5.41, 5.74) is 0. The highest BCUT2D eigenvalue weighted by Gasteiger charge is 2.00. The number of aromatic nitrogens is 3. The number of anilines is 1. The van der Waals surface area contributed by atoms with Crippen molar-refractivity contribution in [3.05, 3.63) is 0 Å². The summed E-state index contributed by atoms with van der Waals surface area (Å²) in [6.07, 6.45) is 1.64. The van der Waals surface area contributed by atoms with Gasteiger partial charge in [-0.2, -0.15) is 4.98 Å². The average molecular weight is 186 g/mol. The van der Waals surface area contributed by atoms with Gasteiger partial charge < -0.3 is 0 Å². The lowest BCUT2D eigenvalue weighted by molar-refractivity contribution is -0.105. The maximum atomic E-state index is 9.99. The normalized spacial score (nSPS) is 9.75. The number of H-pyrrole nitrogens is 1. The molecule has 0 aliphatic heterocycles. The van der Waals surface area contributed by atoms with Crippen LogP contribution in [0.4, 0.5) is 5.95 Å². The largest absolute Gasteiger partial charge is 0.298 e. The summed E-state index contributed by atoms with van der Waals surface area (Å²) < 4.78 is 0. The number of amides is 1. The lowest BCUT2D eigenvalue weighted by atomic mass is 10.6. The molecule has 66 valence electrons. The lowest BCUT2D eigenvalue weighted by Crippen LogP contribution is -1.94. The number of hydrogen-bond donors (Lipinski definition) is 2. The molecule has 0 radical (unpaired) electrons. The number of carbonyl (C=O) groups excluding carboxylic acids is 1. The van der Waals surface area contributed by atoms with Crippen LogP contribution >= 0.6 is 11.8 Å². The minimum Gasteiger partial charge on any atom is -0.298 e. The van der Waals surface area contributed by atoms with E-state index < -0.39 is 0 Å². The molecule has 0 atom stereocenters. The number of aromatic amines is 1. The van der Waals surface area contributed by atoms with Gasteiger partial charge in [0.25, 0.3) is 0 Å². The zero-order valence-corrected chi connectivity index (χ0v) is 7.52. The van der Waals surface area contributed by atoms with E-state index in [1.165, 1.54) is 0 Å². The van der Waals surface area contributed by atoms with E-state index in [1.807, 2.05) is 0 Å². The summed E-state index contributed by atoms with van der Waals surface area (Å²) in [5.74, 6) is 1.38. The molecular formula is C6H10N4OS. The number of thioether (sulfide) groups is 1. The average Bonchev–Trinajstić information content (AvgIpc) is 2.50. The van der Waals surface area contributed by atoms with Crippen molar-refractivity contribution >= 4 is 24.1 Å². The van der Waals surface area contributed by atoms with Crippen LogP contribution in [0.15, 0.2) is 5.16 Å². The van der Waals surface area contributed by atoms with Gasteiger partial charge in [0.15, 0.2) is 0 Å². The Labute approximate surface area is 74.3 Å². The third-order valence-electron chi connectivity index (χ3n) is 1.10. The first kappa shape index (κ1) is 9.05. The Kier molecular flexibility index (Phi) is 3.59. The Bertz CT molecular complexity index is 249. The van der Waals surface area contributed by atoms with Gasteiger partial charge in [0.05, 0.1) is 0 Å². The number of carbonyl (C=O) groups is 1. The Morgan fingerprint density at radius 1 is 1.75 bits per heavy atom. The van der Waals surface area contributed by atoms with E-state index in [-0.39, 0.29) is 0 Å². The highest BCUT2D eigenvalue weighted by atomic mass is 32.2. The smallest absolute Gasteiger partial charge is 0.225 e. The lowest BCUT2D eigenvalue weighted by Gasteiger charge is -1.88. The van der Waals surface area contributed by atoms with Gasteiger partial charge in [0.2, 0.25) is 17.5 Å². The Morgan fingerprint density at radius 2 is 2.58 bits per heavy atom. The molecule has 1 aromatic heterocycles. The van der Waals surface area contributed by atoms with Crippen LogP contribution in [0.5, 0.6) is 0 Å². The van der Waals surface area contributed by atoms with Gasteiger partial charge in [-0.05, 0) is 6.42 Å². The highest BCUT2D eigenvalue weighted by Crippen LogP contribution is 2.13. The summed E-state index contributed by atoms with van der Waals surface area (Å²) in [7, 11) is 0. The molecule has 0 aliphatic rings. The van der Waals surface area contributed by atoms with Gasteiger partial charge in [-0.15, -0.1) is 5.10 Å². The minimum absolute atomic E-state index is 0.392. The first-order valence-electron chi connectivity index (χ1n) is 3.62. The molecule has 0 aliphatic carbocycles. The molecule has 0 fully saturated rings. The summed E-state index contributed by atoms with van der Waals surface area (Å²) in [5, 5.41) is 9.52. The molecule has 0 aromatic carbocycles. The number of nitrogens with zero attached hydrogens (tertiary/aromatic N) is 2. The number of hydrogen-bond acceptors (Lipinski definition) is 4. The van der Waals surface area contributed by atoms with E-state index in [0.29, 0.717) is 17.5 Å². The van der Waals surface area contributed by atoms with E-state index in [9.17, 15) is 4.79 Å². The summed E-state index contributed by atoms with van der Waals surface area (Å²) >= 11 is 1.56. The first-order chi connectivity index (χ1) is 5.86. The van der Waals surface area contributed by atoms with Gasteiger partial charge >= 0.3 is 0 Å². The van der Waals surface area contributed by atoms with E-state index in [0.717, 1.165) is 12.2 Å². The molecule has 1 aromatic rings. The van der Waals surface area contributed by atoms with E-state index in [2.05, 4.69) is 27.4 Å². The molecule has 5 nitrogen and oxygen atoms in total. The molecular weight excluding hydrogens is 176 g/mol. The van der Waals surface area contributed by atoms with Gasteiger partial charge in [-0.3, -0.25) is 10.1 Å². The predicted octanol–water partition coefficient (Wildman–Crippen LogP) is 0.875. The van der Waals surface area contributed by atoms with Crippen LogP contribution in [0.3, 0.4) is 0 Å². The third-order valence-corrected chi connectivity index (χ3v) is 2.15. The molecule has 0 saturated heterocycles. The molecule has 0 unspecified atom stereocenters. The van der Waals surface area contributed by atoms with Crippen molar-refractivity contribution in [1.82, 2.24) is 15.2 Å². The van der Waals surface area contributed by atoms with Crippen LogP contribution in [0, 0.1) is 0 Å². The van der Waals surface area contributed by atoms with Crippen molar-refractivity contribution < 1.29 is 4.79 Å². The number of rotatable bonds is 5. The van der Waals surface area contributed by atoms with Crippen LogP contribution in [-0.2, 0) is 4.79 Å². The topological polar surface area (TPSA) is 70.7 Å². The quantitative estimate of drug-likeness (QED) is 0.529. The van der Waals surface area contributed by atoms with Gasteiger partial charge in [0.1, 0.15) is 0 Å². The van der Waals surface area contributed by atoms with Crippen LogP contribution < -0.4 is 5.32 Å². The zero-order valence-electron chi connectivity index (χ0n) is 6.70. The predicted molar refractivity (Wildman–Crippen MR) is 47.1 cm³/mol. The second-order valence-corrected chi connectivity index (χ2v) is 3.14. The fourth-order valence-corrected chi connectivity index (χ4v) is 1.28. The SMILES string of the molecule is CCCSc1n[nH]c(NC=O)n1. The molecule has 12 heavy (non-hydrogen) atoms. The van der Waals surface area contributed by atoms with Gasteiger partial charge in [-0.1, -0.05) is 18.7 Å². The maximum absolute atomic E-state index is 9.99. The molecule has 1 rings (SSSR count). The summed E-state index contributed by atoms with van der Waals surface area (Å²) in [6.45, 7) is 2.09. The molecule has 0 bridgehead atoms. The van der Waals surface area contributed by atoms with Crippen molar-refractivity contribution in [2.24, 2.45) is 0 Å². The zero-order chi connectivity index (χ0) is 8.81. The van der Waals surface area contributed by atoms with Crippen molar-refractivity contribution in [3.8, 4) is 0 Å². The maximum Gasteiger partial charge on any atom is 0.225 e. The molecule has 1 amide bonds. The van der Waals surface area contributed by atoms with Crippen molar-refractivity contribution in [2.45, 2.75) is 18.5 Å². The Morgan fingerprint density at radius 3 is 3.25 bits per heavy atom.